The van der Waals surface area contributed by atoms with Crippen molar-refractivity contribution in [3.8, 4) is 0 Å². The summed E-state index contributed by atoms with van der Waals surface area (Å²) in [5, 5.41) is 3.27. The van der Waals surface area contributed by atoms with Crippen LogP contribution in [0.1, 0.15) is 27.7 Å². The van der Waals surface area contributed by atoms with Crippen molar-refractivity contribution in [3.63, 3.8) is 0 Å². The average Bonchev–Trinajstić information content (AvgIpc) is 2.30. The van der Waals surface area contributed by atoms with Crippen LogP contribution in [0, 0.1) is 0 Å². The third kappa shape index (κ3) is 4.88. The summed E-state index contributed by atoms with van der Waals surface area (Å²) in [5.41, 5.74) is 6.75. The van der Waals surface area contributed by atoms with Gasteiger partial charge in [0, 0.05) is 31.9 Å². The van der Waals surface area contributed by atoms with Crippen LogP contribution >= 0.6 is 0 Å². The van der Waals surface area contributed by atoms with E-state index in [9.17, 15) is 0 Å². The van der Waals surface area contributed by atoms with Crippen molar-refractivity contribution in [2.24, 2.45) is 5.73 Å². The number of nitrogens with two attached hydrogens (primary N) is 1. The second kappa shape index (κ2) is 8.36. The van der Waals surface area contributed by atoms with Crippen LogP contribution in [-0.2, 0) is 0 Å². The molecule has 0 spiro atoms. The third-order valence-electron chi connectivity index (χ3n) is 2.20. The summed E-state index contributed by atoms with van der Waals surface area (Å²) < 4.78 is 0. The van der Waals surface area contributed by atoms with E-state index < -0.39 is 0 Å². The maximum absolute atomic E-state index is 5.53. The first kappa shape index (κ1) is 14.0. The van der Waals surface area contributed by atoms with Gasteiger partial charge in [0.2, 0.25) is 0 Å². The molecule has 3 nitrogen and oxygen atoms in total. The Hall–Kier alpha value is -0.960. The number of nitrogens with zero attached hydrogens (tertiary/aromatic N) is 1. The van der Waals surface area contributed by atoms with Gasteiger partial charge >= 0.3 is 0 Å². The van der Waals surface area contributed by atoms with Crippen LogP contribution in [0.4, 0.5) is 0 Å². The molecule has 1 aliphatic heterocycles. The van der Waals surface area contributed by atoms with Crippen molar-refractivity contribution in [1.29, 1.82) is 0 Å². The summed E-state index contributed by atoms with van der Waals surface area (Å²) in [6.45, 7) is 10.9. The second-order valence-electron chi connectivity index (χ2n) is 3.25. The molecule has 1 heterocycles. The van der Waals surface area contributed by atoms with Crippen LogP contribution in [0.15, 0.2) is 24.0 Å². The zero-order chi connectivity index (χ0) is 11.7. The monoisotopic (exact) mass is 211 g/mol. The molecule has 0 amide bonds. The lowest BCUT2D eigenvalue weighted by Crippen LogP contribution is -2.32. The molecule has 3 heteroatoms. The molecule has 0 aromatic carbocycles. The minimum atomic E-state index is 0.445. The first-order chi connectivity index (χ1) is 7.27. The number of hydrogen-bond acceptors (Lipinski definition) is 3. The molecule has 0 saturated carbocycles. The smallest absolute Gasteiger partial charge is 0.0523 e. The van der Waals surface area contributed by atoms with Gasteiger partial charge < -0.3 is 16.0 Å². The predicted molar refractivity (Wildman–Crippen MR) is 67.5 cm³/mol. The highest BCUT2D eigenvalue weighted by Crippen LogP contribution is 2.08. The summed E-state index contributed by atoms with van der Waals surface area (Å²) >= 11 is 0. The molecule has 0 aromatic heterocycles. The zero-order valence-corrected chi connectivity index (χ0v) is 10.5. The predicted octanol–water partition coefficient (Wildman–Crippen LogP) is 1.68. The number of allylic oxidation sites excluding steroid dienone is 1. The van der Waals surface area contributed by atoms with Crippen molar-refractivity contribution in [3.05, 3.63) is 24.0 Å². The first-order valence-electron chi connectivity index (χ1n) is 5.87. The van der Waals surface area contributed by atoms with Gasteiger partial charge in [0.1, 0.15) is 0 Å². The van der Waals surface area contributed by atoms with E-state index in [1.165, 1.54) is 5.70 Å². The second-order valence-corrected chi connectivity index (χ2v) is 3.25. The maximum atomic E-state index is 5.53. The molecule has 0 aliphatic carbocycles. The van der Waals surface area contributed by atoms with E-state index in [1.807, 2.05) is 13.8 Å². The Labute approximate surface area is 94.0 Å². The van der Waals surface area contributed by atoms with E-state index in [4.69, 9.17) is 5.73 Å². The van der Waals surface area contributed by atoms with Crippen molar-refractivity contribution in [2.45, 2.75) is 33.7 Å². The number of rotatable bonds is 4. The minimum absolute atomic E-state index is 0.445. The highest BCUT2D eigenvalue weighted by molar-refractivity contribution is 5.22. The largest absolute Gasteiger partial charge is 0.383 e. The van der Waals surface area contributed by atoms with E-state index >= 15 is 0 Å². The van der Waals surface area contributed by atoms with Gasteiger partial charge in [0.05, 0.1) is 5.70 Å². The molecule has 0 aromatic rings. The Balaban J connectivity index is 0.000000921. The minimum Gasteiger partial charge on any atom is -0.383 e. The molecule has 1 rings (SSSR count). The molecule has 0 radical (unpaired) electrons. The Morgan fingerprint density at radius 1 is 1.47 bits per heavy atom. The van der Waals surface area contributed by atoms with Crippen LogP contribution in [0.3, 0.4) is 0 Å². The van der Waals surface area contributed by atoms with Gasteiger partial charge in [-0.05, 0) is 19.9 Å². The fourth-order valence-electron chi connectivity index (χ4n) is 1.39. The Bertz CT molecular complexity index is 209. The van der Waals surface area contributed by atoms with Gasteiger partial charge in [-0.2, -0.15) is 0 Å². The number of hydrogen-bond donors (Lipinski definition) is 2. The molecule has 0 bridgehead atoms. The Morgan fingerprint density at radius 3 is 2.53 bits per heavy atom. The Morgan fingerprint density at radius 2 is 2.13 bits per heavy atom. The van der Waals surface area contributed by atoms with E-state index in [0.29, 0.717) is 12.6 Å². The normalized spacial score (nSPS) is 18.5. The van der Waals surface area contributed by atoms with E-state index in [1.54, 1.807) is 0 Å². The molecule has 15 heavy (non-hydrogen) atoms. The van der Waals surface area contributed by atoms with Gasteiger partial charge in [0.25, 0.3) is 0 Å². The molecular weight excluding hydrogens is 186 g/mol. The van der Waals surface area contributed by atoms with E-state index in [0.717, 1.165) is 13.1 Å². The Kier molecular flexibility index (Phi) is 7.82. The van der Waals surface area contributed by atoms with Crippen LogP contribution in [0.25, 0.3) is 0 Å². The van der Waals surface area contributed by atoms with Gasteiger partial charge in [-0.1, -0.05) is 19.9 Å². The summed E-state index contributed by atoms with van der Waals surface area (Å²) in [4.78, 5) is 2.26. The van der Waals surface area contributed by atoms with Crippen molar-refractivity contribution in [2.75, 3.05) is 19.6 Å². The first-order valence-corrected chi connectivity index (χ1v) is 5.87. The molecule has 0 saturated heterocycles. The summed E-state index contributed by atoms with van der Waals surface area (Å²) in [7, 11) is 0. The lowest BCUT2D eigenvalue weighted by molar-refractivity contribution is 0.378. The molecule has 1 atom stereocenters. The third-order valence-corrected chi connectivity index (χ3v) is 2.20. The number of likely N-dealkylation sites (N-methyl/N-ethyl adjacent to an activating group) is 1. The highest BCUT2D eigenvalue weighted by Gasteiger charge is 2.07. The number of nitrogens with one attached hydrogen (secondary N) is 1. The standard InChI is InChI=1S/C10H19N3.C2H6/c1-3-13(7-6-11)10-5-4-9(2)12-8-10;1-2/h4-5,8-9,12H,3,6-7,11H2,1-2H3;1-2H3. The van der Waals surface area contributed by atoms with Crippen LogP contribution < -0.4 is 11.1 Å². The molecular formula is C12H25N3. The quantitative estimate of drug-likeness (QED) is 0.743. The highest BCUT2D eigenvalue weighted by atomic mass is 15.1. The lowest BCUT2D eigenvalue weighted by atomic mass is 10.2. The van der Waals surface area contributed by atoms with Crippen LogP contribution in [-0.4, -0.2) is 30.6 Å². The van der Waals surface area contributed by atoms with Crippen LogP contribution in [0.2, 0.25) is 0 Å². The fraction of sp³-hybridized carbons (Fsp3) is 0.667. The lowest BCUT2D eigenvalue weighted by Gasteiger charge is -2.26. The summed E-state index contributed by atoms with van der Waals surface area (Å²) in [5.74, 6) is 0. The van der Waals surface area contributed by atoms with Crippen molar-refractivity contribution in [1.82, 2.24) is 10.2 Å². The topological polar surface area (TPSA) is 41.3 Å². The maximum Gasteiger partial charge on any atom is 0.0523 e. The van der Waals surface area contributed by atoms with Crippen molar-refractivity contribution < 1.29 is 0 Å². The van der Waals surface area contributed by atoms with Gasteiger partial charge in [-0.25, -0.2) is 0 Å². The summed E-state index contributed by atoms with van der Waals surface area (Å²) in [6, 6.07) is 0.445. The SMILES string of the molecule is CC.CCN(CCN)C1=CNC(C)C=C1. The molecule has 1 aliphatic rings. The summed E-state index contributed by atoms with van der Waals surface area (Å²) in [6.07, 6.45) is 6.37. The van der Waals surface area contributed by atoms with E-state index in [2.05, 4.69) is 42.4 Å². The van der Waals surface area contributed by atoms with Gasteiger partial charge in [0.15, 0.2) is 0 Å². The molecule has 0 fully saturated rings. The van der Waals surface area contributed by atoms with Crippen LogP contribution in [0.5, 0.6) is 0 Å². The molecule has 88 valence electrons. The molecule has 3 N–H and O–H groups in total. The zero-order valence-electron chi connectivity index (χ0n) is 10.5. The number of dihydropyridines is 1. The van der Waals surface area contributed by atoms with E-state index in [-0.39, 0.29) is 0 Å². The molecule has 1 unspecified atom stereocenters. The van der Waals surface area contributed by atoms with Crippen molar-refractivity contribution >= 4 is 0 Å². The van der Waals surface area contributed by atoms with Gasteiger partial charge in [-0.3, -0.25) is 0 Å². The fourth-order valence-corrected chi connectivity index (χ4v) is 1.39. The van der Waals surface area contributed by atoms with Gasteiger partial charge in [-0.15, -0.1) is 0 Å². The average molecular weight is 211 g/mol.